The van der Waals surface area contributed by atoms with Gasteiger partial charge < -0.3 is 14.6 Å². The number of hydrogen-bond acceptors (Lipinski definition) is 6. The van der Waals surface area contributed by atoms with E-state index in [4.69, 9.17) is 14.6 Å². The fourth-order valence-electron chi connectivity index (χ4n) is 2.98. The Balaban J connectivity index is 1.67. The first kappa shape index (κ1) is 23.5. The van der Waals surface area contributed by atoms with E-state index in [1.165, 1.54) is 19.2 Å². The minimum Gasteiger partial charge on any atom is -0.493 e. The fourth-order valence-corrected chi connectivity index (χ4v) is 2.98. The predicted molar refractivity (Wildman–Crippen MR) is 128 cm³/mol. The molecule has 0 saturated carbocycles. The number of methoxy groups -OCH3 is 1. The number of aromatic carboxylic acids is 1. The lowest BCUT2D eigenvalue weighted by Crippen LogP contribution is -2.13. The molecule has 0 radical (unpaired) electrons. The third-order valence-electron chi connectivity index (χ3n) is 4.92. The van der Waals surface area contributed by atoms with Crippen LogP contribution in [0.1, 0.15) is 52.6 Å². The van der Waals surface area contributed by atoms with Gasteiger partial charge in [0.25, 0.3) is 0 Å². The summed E-state index contributed by atoms with van der Waals surface area (Å²) in [5.41, 5.74) is 5.98. The zero-order valence-electron chi connectivity index (χ0n) is 19.0. The highest BCUT2D eigenvalue weighted by molar-refractivity contribution is 5.92. The van der Waals surface area contributed by atoms with E-state index in [0.717, 1.165) is 11.1 Å². The molecule has 7 heteroatoms. The van der Waals surface area contributed by atoms with Crippen LogP contribution in [0.4, 0.5) is 5.69 Å². The van der Waals surface area contributed by atoms with Gasteiger partial charge in [-0.3, -0.25) is 5.43 Å². The number of carbonyl (C=O) groups is 2. The molecular weight excluding hydrogens is 420 g/mol. The van der Waals surface area contributed by atoms with Crippen molar-refractivity contribution in [2.75, 3.05) is 12.5 Å². The summed E-state index contributed by atoms with van der Waals surface area (Å²) in [6, 6.07) is 18.7. The summed E-state index contributed by atoms with van der Waals surface area (Å²) in [5.74, 6) is -0.761. The van der Waals surface area contributed by atoms with E-state index in [1.807, 2.05) is 12.1 Å². The van der Waals surface area contributed by atoms with Gasteiger partial charge in [-0.1, -0.05) is 32.9 Å². The lowest BCUT2D eigenvalue weighted by Gasteiger charge is -2.19. The van der Waals surface area contributed by atoms with Gasteiger partial charge in [-0.2, -0.15) is 5.10 Å². The largest absolute Gasteiger partial charge is 0.493 e. The average molecular weight is 447 g/mol. The van der Waals surface area contributed by atoms with Crippen molar-refractivity contribution in [3.63, 3.8) is 0 Å². The summed E-state index contributed by atoms with van der Waals surface area (Å²) in [5, 5.41) is 13.1. The fraction of sp³-hybridized carbons (Fsp3) is 0.192. The van der Waals surface area contributed by atoms with Gasteiger partial charge in [-0.15, -0.1) is 0 Å². The number of carboxylic acids is 1. The number of nitrogens with zero attached hydrogens (tertiary/aromatic N) is 1. The zero-order chi connectivity index (χ0) is 24.0. The van der Waals surface area contributed by atoms with Crippen LogP contribution in [0.5, 0.6) is 11.5 Å². The molecule has 0 atom stereocenters. The number of carbonyl (C=O) groups excluding carboxylic acids is 1. The lowest BCUT2D eigenvalue weighted by molar-refractivity contribution is 0.0694. The maximum atomic E-state index is 12.6. The molecule has 0 unspecified atom stereocenters. The maximum Gasteiger partial charge on any atom is 0.343 e. The minimum atomic E-state index is -0.986. The van der Waals surface area contributed by atoms with Crippen molar-refractivity contribution in [1.82, 2.24) is 0 Å². The summed E-state index contributed by atoms with van der Waals surface area (Å²) in [6.07, 6.45) is 1.57. The van der Waals surface area contributed by atoms with E-state index < -0.39 is 11.9 Å². The van der Waals surface area contributed by atoms with E-state index in [1.54, 1.807) is 48.7 Å². The average Bonchev–Trinajstić information content (AvgIpc) is 2.79. The molecule has 0 bridgehead atoms. The van der Waals surface area contributed by atoms with Crippen LogP contribution >= 0.6 is 0 Å². The monoisotopic (exact) mass is 446 g/mol. The highest BCUT2D eigenvalue weighted by atomic mass is 16.6. The summed E-state index contributed by atoms with van der Waals surface area (Å²) in [4.78, 5) is 23.5. The van der Waals surface area contributed by atoms with Gasteiger partial charge in [0, 0.05) is 0 Å². The van der Waals surface area contributed by atoms with Crippen molar-refractivity contribution >= 4 is 23.8 Å². The van der Waals surface area contributed by atoms with Gasteiger partial charge in [-0.05, 0) is 71.1 Å². The Morgan fingerprint density at radius 1 is 0.909 bits per heavy atom. The standard InChI is InChI=1S/C26H26N2O5/c1-26(2,3)20-10-6-19(7-11-20)25(31)33-22-14-5-17(15-23(22)32-4)16-27-28-21-12-8-18(9-13-21)24(29)30/h5-16,28H,1-4H3,(H,29,30). The SMILES string of the molecule is COc1cc(C=NNc2ccc(C(=O)O)cc2)ccc1OC(=O)c1ccc(C(C)(C)C)cc1. The second-order valence-corrected chi connectivity index (χ2v) is 8.38. The van der Waals surface area contributed by atoms with Gasteiger partial charge in [-0.25, -0.2) is 9.59 Å². The molecular formula is C26H26N2O5. The molecule has 3 aromatic rings. The number of hydrazone groups is 1. The number of hydrogen-bond donors (Lipinski definition) is 2. The van der Waals surface area contributed by atoms with Gasteiger partial charge in [0.2, 0.25) is 0 Å². The molecule has 0 saturated heterocycles. The van der Waals surface area contributed by atoms with Crippen LogP contribution in [0.15, 0.2) is 71.8 Å². The molecule has 3 rings (SSSR count). The molecule has 0 fully saturated rings. The van der Waals surface area contributed by atoms with E-state index in [2.05, 4.69) is 31.3 Å². The highest BCUT2D eigenvalue weighted by Gasteiger charge is 2.16. The van der Waals surface area contributed by atoms with Crippen LogP contribution < -0.4 is 14.9 Å². The van der Waals surface area contributed by atoms with Crippen molar-refractivity contribution in [3.8, 4) is 11.5 Å². The van der Waals surface area contributed by atoms with Gasteiger partial charge in [0.1, 0.15) is 0 Å². The Hall–Kier alpha value is -4.13. The summed E-state index contributed by atoms with van der Waals surface area (Å²) < 4.78 is 10.9. The highest BCUT2D eigenvalue weighted by Crippen LogP contribution is 2.29. The second-order valence-electron chi connectivity index (χ2n) is 8.38. The topological polar surface area (TPSA) is 97.2 Å². The summed E-state index contributed by atoms with van der Waals surface area (Å²) in [7, 11) is 1.49. The molecule has 3 aromatic carbocycles. The molecule has 2 N–H and O–H groups in total. The van der Waals surface area contributed by atoms with Crippen LogP contribution in [0.3, 0.4) is 0 Å². The van der Waals surface area contributed by atoms with Crippen molar-refractivity contribution in [2.45, 2.75) is 26.2 Å². The van der Waals surface area contributed by atoms with Crippen LogP contribution in [0.2, 0.25) is 0 Å². The second kappa shape index (κ2) is 9.99. The first-order valence-corrected chi connectivity index (χ1v) is 10.3. The number of carboxylic acid groups (broad SMARTS) is 1. The first-order chi connectivity index (χ1) is 15.7. The predicted octanol–water partition coefficient (Wildman–Crippen LogP) is 5.36. The van der Waals surface area contributed by atoms with Gasteiger partial charge in [0.15, 0.2) is 11.5 Å². The Morgan fingerprint density at radius 2 is 1.55 bits per heavy atom. The third kappa shape index (κ3) is 6.20. The number of ether oxygens (including phenoxy) is 2. The molecule has 0 amide bonds. The molecule has 0 aliphatic rings. The number of rotatable bonds is 7. The summed E-state index contributed by atoms with van der Waals surface area (Å²) >= 11 is 0. The van der Waals surface area contributed by atoms with Crippen molar-refractivity contribution in [2.24, 2.45) is 5.10 Å². The molecule has 0 aromatic heterocycles. The lowest BCUT2D eigenvalue weighted by atomic mass is 9.87. The molecule has 170 valence electrons. The molecule has 0 aliphatic carbocycles. The quantitative estimate of drug-likeness (QED) is 0.220. The Kier molecular flexibility index (Phi) is 7.13. The van der Waals surface area contributed by atoms with E-state index in [0.29, 0.717) is 22.7 Å². The van der Waals surface area contributed by atoms with Crippen molar-refractivity contribution in [3.05, 3.63) is 89.0 Å². The van der Waals surface area contributed by atoms with E-state index >= 15 is 0 Å². The Labute approximate surface area is 192 Å². The molecule has 0 spiro atoms. The first-order valence-electron chi connectivity index (χ1n) is 10.3. The van der Waals surface area contributed by atoms with Crippen LogP contribution in [-0.4, -0.2) is 30.4 Å². The van der Waals surface area contributed by atoms with Crippen LogP contribution in [-0.2, 0) is 5.41 Å². The number of benzene rings is 3. The summed E-state index contributed by atoms with van der Waals surface area (Å²) in [6.45, 7) is 6.34. The zero-order valence-corrected chi connectivity index (χ0v) is 19.0. The van der Waals surface area contributed by atoms with E-state index in [-0.39, 0.29) is 11.0 Å². The van der Waals surface area contributed by atoms with Crippen molar-refractivity contribution in [1.29, 1.82) is 0 Å². The number of anilines is 1. The van der Waals surface area contributed by atoms with E-state index in [9.17, 15) is 9.59 Å². The molecule has 33 heavy (non-hydrogen) atoms. The van der Waals surface area contributed by atoms with Crippen LogP contribution in [0.25, 0.3) is 0 Å². The smallest absolute Gasteiger partial charge is 0.343 e. The van der Waals surface area contributed by atoms with Gasteiger partial charge in [0.05, 0.1) is 30.1 Å². The number of nitrogens with one attached hydrogen (secondary N) is 1. The van der Waals surface area contributed by atoms with Gasteiger partial charge >= 0.3 is 11.9 Å². The maximum absolute atomic E-state index is 12.6. The third-order valence-corrected chi connectivity index (χ3v) is 4.92. The minimum absolute atomic E-state index is 0.000178. The van der Waals surface area contributed by atoms with Crippen molar-refractivity contribution < 1.29 is 24.2 Å². The Bertz CT molecular complexity index is 1160. The molecule has 0 aliphatic heterocycles. The molecule has 0 heterocycles. The normalized spacial score (nSPS) is 11.3. The number of esters is 1. The Morgan fingerprint density at radius 3 is 2.12 bits per heavy atom. The molecule has 7 nitrogen and oxygen atoms in total. The van der Waals surface area contributed by atoms with Crippen LogP contribution in [0, 0.1) is 0 Å².